The molecule has 0 aliphatic carbocycles. The zero-order valence-corrected chi connectivity index (χ0v) is 13.3. The molecule has 0 aliphatic rings. The number of carboxylic acid groups (broad SMARTS) is 1. The normalized spacial score (nSPS) is 11.6. The number of carbonyl (C=O) groups excluding carboxylic acids is 1. The van der Waals surface area contributed by atoms with Crippen molar-refractivity contribution in [2.24, 2.45) is 0 Å². The Labute approximate surface area is 129 Å². The van der Waals surface area contributed by atoms with Gasteiger partial charge in [0.1, 0.15) is 27.8 Å². The molecule has 2 heterocycles. The third-order valence-corrected chi connectivity index (χ3v) is 2.87. The van der Waals surface area contributed by atoms with Crippen LogP contribution >= 0.6 is 15.9 Å². The molecular weight excluding hydrogens is 342 g/mol. The summed E-state index contributed by atoms with van der Waals surface area (Å²) in [4.78, 5) is 31.3. The largest absolute Gasteiger partial charge is 0.478 e. The van der Waals surface area contributed by atoms with E-state index in [9.17, 15) is 14.7 Å². The topological polar surface area (TPSA) is 94.3 Å². The number of carboxylic acids is 1. The van der Waals surface area contributed by atoms with Crippen molar-refractivity contribution < 1.29 is 19.4 Å². The predicted molar refractivity (Wildman–Crippen MR) is 78.0 cm³/mol. The van der Waals surface area contributed by atoms with Crippen molar-refractivity contribution in [3.63, 3.8) is 0 Å². The minimum Gasteiger partial charge on any atom is -0.478 e. The summed E-state index contributed by atoms with van der Waals surface area (Å²) in [6.07, 6.45) is 2.78. The van der Waals surface area contributed by atoms with E-state index in [2.05, 4.69) is 25.9 Å². The van der Waals surface area contributed by atoms with Crippen LogP contribution in [0.4, 0.5) is 0 Å². The van der Waals surface area contributed by atoms with E-state index in [1.165, 1.54) is 17.0 Å². The maximum absolute atomic E-state index is 11.9. The van der Waals surface area contributed by atoms with Crippen molar-refractivity contribution in [1.82, 2.24) is 14.5 Å². The monoisotopic (exact) mass is 355 g/mol. The van der Waals surface area contributed by atoms with Crippen LogP contribution in [0, 0.1) is 0 Å². The number of nitrogens with zero attached hydrogens (tertiary/aromatic N) is 3. The number of aromatic nitrogens is 3. The molecular formula is C13H14BrN3O4. The third kappa shape index (κ3) is 3.57. The summed E-state index contributed by atoms with van der Waals surface area (Å²) < 4.78 is 7.07. The van der Waals surface area contributed by atoms with Gasteiger partial charge >= 0.3 is 11.9 Å². The second-order valence-electron chi connectivity index (χ2n) is 5.43. The van der Waals surface area contributed by atoms with E-state index < -0.39 is 17.5 Å². The number of hydrogen-bond acceptors (Lipinski definition) is 5. The lowest BCUT2D eigenvalue weighted by Gasteiger charge is -2.19. The minimum absolute atomic E-state index is 0.0117. The van der Waals surface area contributed by atoms with Crippen molar-refractivity contribution in [2.75, 3.05) is 0 Å². The van der Waals surface area contributed by atoms with Crippen molar-refractivity contribution in [3.05, 3.63) is 22.6 Å². The van der Waals surface area contributed by atoms with Gasteiger partial charge in [0.15, 0.2) is 5.65 Å². The van der Waals surface area contributed by atoms with Crippen molar-refractivity contribution in [2.45, 2.75) is 32.9 Å². The quantitative estimate of drug-likeness (QED) is 0.848. The van der Waals surface area contributed by atoms with Crippen molar-refractivity contribution in [3.8, 4) is 0 Å². The van der Waals surface area contributed by atoms with Gasteiger partial charge in [0.25, 0.3) is 0 Å². The molecule has 112 valence electrons. The number of fused-ring (bicyclic) bond motifs is 1. The molecule has 1 N–H and O–H groups in total. The van der Waals surface area contributed by atoms with Gasteiger partial charge in [0.2, 0.25) is 0 Å². The Morgan fingerprint density at radius 1 is 1.43 bits per heavy atom. The molecule has 0 unspecified atom stereocenters. The fraction of sp³-hybridized carbons (Fsp3) is 0.385. The van der Waals surface area contributed by atoms with E-state index in [1.807, 2.05) is 0 Å². The molecule has 2 rings (SSSR count). The highest BCUT2D eigenvalue weighted by Gasteiger charge is 2.21. The lowest BCUT2D eigenvalue weighted by Crippen LogP contribution is -2.26. The van der Waals surface area contributed by atoms with Crippen LogP contribution in [0.2, 0.25) is 0 Å². The molecule has 8 heteroatoms. The Hall–Kier alpha value is -1.96. The highest BCUT2D eigenvalue weighted by atomic mass is 79.9. The fourth-order valence-corrected chi connectivity index (χ4v) is 2.10. The maximum Gasteiger partial charge on any atom is 0.339 e. The van der Waals surface area contributed by atoms with E-state index in [0.717, 1.165) is 0 Å². The van der Waals surface area contributed by atoms with Crippen LogP contribution in [-0.4, -0.2) is 37.2 Å². The van der Waals surface area contributed by atoms with Gasteiger partial charge in [-0.2, -0.15) is 0 Å². The van der Waals surface area contributed by atoms with Gasteiger partial charge in [-0.05, 0) is 36.7 Å². The molecule has 0 bridgehead atoms. The molecule has 7 nitrogen and oxygen atoms in total. The van der Waals surface area contributed by atoms with E-state index in [1.54, 1.807) is 20.8 Å². The number of aromatic carboxylic acids is 1. The van der Waals surface area contributed by atoms with Crippen LogP contribution in [0.15, 0.2) is 17.0 Å². The van der Waals surface area contributed by atoms with Gasteiger partial charge < -0.3 is 14.4 Å². The minimum atomic E-state index is -1.13. The Balaban J connectivity index is 2.41. The molecule has 0 saturated carbocycles. The molecule has 0 amide bonds. The summed E-state index contributed by atoms with van der Waals surface area (Å²) in [7, 11) is 0. The molecule has 0 atom stereocenters. The Morgan fingerprint density at radius 2 is 2.10 bits per heavy atom. The van der Waals surface area contributed by atoms with Gasteiger partial charge in [-0.25, -0.2) is 14.8 Å². The molecule has 0 fully saturated rings. The predicted octanol–water partition coefficient (Wildman–Crippen LogP) is 2.23. The molecule has 2 aromatic rings. The lowest BCUT2D eigenvalue weighted by molar-refractivity contribution is -0.155. The highest BCUT2D eigenvalue weighted by molar-refractivity contribution is 9.10. The summed E-state index contributed by atoms with van der Waals surface area (Å²) >= 11 is 3.15. The number of hydrogen-bond donors (Lipinski definition) is 1. The molecule has 2 aromatic heterocycles. The molecule has 0 saturated heterocycles. The van der Waals surface area contributed by atoms with E-state index in [0.29, 0.717) is 10.3 Å². The Morgan fingerprint density at radius 3 is 2.67 bits per heavy atom. The fourth-order valence-electron chi connectivity index (χ4n) is 1.82. The average Bonchev–Trinajstić information content (AvgIpc) is 2.64. The first-order chi connectivity index (χ1) is 9.67. The number of esters is 1. The van der Waals surface area contributed by atoms with E-state index in [4.69, 9.17) is 4.74 Å². The summed E-state index contributed by atoms with van der Waals surface area (Å²) in [5.74, 6) is -1.60. The number of rotatable bonds is 3. The zero-order chi connectivity index (χ0) is 15.8. The summed E-state index contributed by atoms with van der Waals surface area (Å²) in [5.41, 5.74) is -0.0751. The molecule has 0 radical (unpaired) electrons. The molecule has 0 aliphatic heterocycles. The standard InChI is InChI=1S/C13H14BrN3O4/c1-13(2,3)21-9(18)6-17-5-7(12(19)20)10-11(17)15-4-8(14)16-10/h4-5H,6H2,1-3H3,(H,19,20). The lowest BCUT2D eigenvalue weighted by atomic mass is 10.2. The number of halogens is 1. The maximum atomic E-state index is 11.9. The first kappa shape index (κ1) is 15.4. The van der Waals surface area contributed by atoms with Crippen molar-refractivity contribution in [1.29, 1.82) is 0 Å². The Kier molecular flexibility index (Phi) is 3.99. The van der Waals surface area contributed by atoms with Crippen LogP contribution in [0.1, 0.15) is 31.1 Å². The first-order valence-corrected chi connectivity index (χ1v) is 6.93. The van der Waals surface area contributed by atoms with Crippen LogP contribution in [0.5, 0.6) is 0 Å². The summed E-state index contributed by atoms with van der Waals surface area (Å²) in [6, 6.07) is 0. The van der Waals surface area contributed by atoms with Gasteiger partial charge in [-0.1, -0.05) is 0 Å². The second kappa shape index (κ2) is 5.44. The number of carbonyl (C=O) groups is 2. The van der Waals surface area contributed by atoms with E-state index in [-0.39, 0.29) is 17.6 Å². The number of ether oxygens (including phenoxy) is 1. The van der Waals surface area contributed by atoms with E-state index >= 15 is 0 Å². The van der Waals surface area contributed by atoms with Crippen LogP contribution in [-0.2, 0) is 16.1 Å². The Bertz CT molecular complexity index is 718. The average molecular weight is 356 g/mol. The smallest absolute Gasteiger partial charge is 0.339 e. The van der Waals surface area contributed by atoms with Gasteiger partial charge in [0.05, 0.1) is 6.20 Å². The molecule has 0 aromatic carbocycles. The van der Waals surface area contributed by atoms with Gasteiger partial charge in [-0.3, -0.25) is 4.79 Å². The SMILES string of the molecule is CC(C)(C)OC(=O)Cn1cc(C(=O)O)c2nc(Br)cnc21. The van der Waals surface area contributed by atoms with Gasteiger partial charge in [0, 0.05) is 6.20 Å². The zero-order valence-electron chi connectivity index (χ0n) is 11.8. The third-order valence-electron chi connectivity index (χ3n) is 2.49. The van der Waals surface area contributed by atoms with Crippen LogP contribution in [0.25, 0.3) is 11.2 Å². The second-order valence-corrected chi connectivity index (χ2v) is 6.24. The first-order valence-electron chi connectivity index (χ1n) is 6.14. The molecule has 0 spiro atoms. The summed E-state index contributed by atoms with van der Waals surface area (Å²) in [6.45, 7) is 5.16. The summed E-state index contributed by atoms with van der Waals surface area (Å²) in [5, 5.41) is 9.20. The van der Waals surface area contributed by atoms with Crippen molar-refractivity contribution >= 4 is 39.0 Å². The van der Waals surface area contributed by atoms with Crippen LogP contribution in [0.3, 0.4) is 0 Å². The van der Waals surface area contributed by atoms with Gasteiger partial charge in [-0.15, -0.1) is 0 Å². The molecule has 21 heavy (non-hydrogen) atoms. The highest BCUT2D eigenvalue weighted by Crippen LogP contribution is 2.20. The van der Waals surface area contributed by atoms with Crippen LogP contribution < -0.4 is 0 Å².